The van der Waals surface area contributed by atoms with E-state index in [1.165, 1.54) is 53.1 Å². The first-order chi connectivity index (χ1) is 15.0. The molecule has 0 spiro atoms. The molecule has 0 aliphatic carbocycles. The molecule has 1 aliphatic heterocycles. The summed E-state index contributed by atoms with van der Waals surface area (Å²) >= 11 is 1.31. The summed E-state index contributed by atoms with van der Waals surface area (Å²) in [5.41, 5.74) is 2.67. The number of benzene rings is 3. The highest BCUT2D eigenvalue weighted by molar-refractivity contribution is 8.03. The standard InChI is InChI=1S/C25H19F2NO2S/c26-20-10-6-17(7-11-20)14-15-28-24(29)22(19-8-12-21(27)13-9-19)23(25(28)30)31-16-18-4-2-1-3-5-18/h1-13H,14-16H2. The van der Waals surface area contributed by atoms with Gasteiger partial charge in [0.25, 0.3) is 11.8 Å². The van der Waals surface area contributed by atoms with E-state index in [-0.39, 0.29) is 18.3 Å². The van der Waals surface area contributed by atoms with Crippen LogP contribution in [-0.2, 0) is 21.8 Å². The van der Waals surface area contributed by atoms with E-state index in [9.17, 15) is 18.4 Å². The molecule has 0 fully saturated rings. The maximum atomic E-state index is 13.4. The lowest BCUT2D eigenvalue weighted by molar-refractivity contribution is -0.136. The predicted octanol–water partition coefficient (Wildman–Crippen LogP) is 5.22. The van der Waals surface area contributed by atoms with Crippen LogP contribution in [0.4, 0.5) is 8.78 Å². The van der Waals surface area contributed by atoms with E-state index in [2.05, 4.69) is 0 Å². The Morgan fingerprint density at radius 1 is 0.710 bits per heavy atom. The topological polar surface area (TPSA) is 37.4 Å². The highest BCUT2D eigenvalue weighted by atomic mass is 32.2. The predicted molar refractivity (Wildman–Crippen MR) is 118 cm³/mol. The molecule has 6 heteroatoms. The van der Waals surface area contributed by atoms with E-state index in [0.29, 0.717) is 28.2 Å². The van der Waals surface area contributed by atoms with Gasteiger partial charge in [0.1, 0.15) is 11.6 Å². The molecule has 0 saturated heterocycles. The second kappa shape index (κ2) is 9.27. The molecule has 0 radical (unpaired) electrons. The number of imide groups is 1. The maximum Gasteiger partial charge on any atom is 0.268 e. The van der Waals surface area contributed by atoms with Gasteiger partial charge in [-0.1, -0.05) is 54.6 Å². The first kappa shape index (κ1) is 21.0. The Hall–Kier alpha value is -3.25. The second-order valence-corrected chi connectivity index (χ2v) is 8.11. The number of hydrogen-bond acceptors (Lipinski definition) is 3. The van der Waals surface area contributed by atoms with Gasteiger partial charge in [-0.15, -0.1) is 11.8 Å². The molecule has 2 amide bonds. The van der Waals surface area contributed by atoms with Crippen molar-refractivity contribution in [2.24, 2.45) is 0 Å². The minimum atomic E-state index is -0.409. The number of nitrogens with zero attached hydrogens (tertiary/aromatic N) is 1. The van der Waals surface area contributed by atoms with Gasteiger partial charge in [-0.3, -0.25) is 14.5 Å². The summed E-state index contributed by atoms with van der Waals surface area (Å²) in [6, 6.07) is 21.2. The van der Waals surface area contributed by atoms with E-state index in [0.717, 1.165) is 11.1 Å². The molecule has 0 unspecified atom stereocenters. The Morgan fingerprint density at radius 2 is 1.32 bits per heavy atom. The minimum absolute atomic E-state index is 0.184. The Balaban J connectivity index is 1.59. The zero-order chi connectivity index (χ0) is 21.8. The van der Waals surface area contributed by atoms with Crippen molar-refractivity contribution >= 4 is 29.1 Å². The SMILES string of the molecule is O=C1C(SCc2ccccc2)=C(c2ccc(F)cc2)C(=O)N1CCc1ccc(F)cc1. The normalized spacial score (nSPS) is 13.9. The van der Waals surface area contributed by atoms with Gasteiger partial charge in [0, 0.05) is 12.3 Å². The number of carbonyl (C=O) groups is 2. The third-order valence-corrected chi connectivity index (χ3v) is 6.17. The van der Waals surface area contributed by atoms with Crippen LogP contribution < -0.4 is 0 Å². The van der Waals surface area contributed by atoms with Crippen LogP contribution in [0.3, 0.4) is 0 Å². The van der Waals surface area contributed by atoms with Gasteiger partial charge in [-0.2, -0.15) is 0 Å². The number of thioether (sulfide) groups is 1. The van der Waals surface area contributed by atoms with Gasteiger partial charge in [-0.25, -0.2) is 8.78 Å². The summed E-state index contributed by atoms with van der Waals surface area (Å²) < 4.78 is 26.6. The van der Waals surface area contributed by atoms with Crippen molar-refractivity contribution in [3.05, 3.63) is 112 Å². The molecule has 0 atom stereocenters. The third kappa shape index (κ3) is 4.75. The van der Waals surface area contributed by atoms with Crippen LogP contribution in [0, 0.1) is 11.6 Å². The average Bonchev–Trinajstić information content (AvgIpc) is 3.02. The van der Waals surface area contributed by atoms with Crippen molar-refractivity contribution in [1.29, 1.82) is 0 Å². The lowest BCUT2D eigenvalue weighted by Gasteiger charge is -2.15. The molecule has 156 valence electrons. The van der Waals surface area contributed by atoms with E-state index in [1.54, 1.807) is 12.1 Å². The molecule has 3 nitrogen and oxygen atoms in total. The Labute approximate surface area is 183 Å². The van der Waals surface area contributed by atoms with Crippen LogP contribution in [0.1, 0.15) is 16.7 Å². The van der Waals surface area contributed by atoms with Gasteiger partial charge < -0.3 is 0 Å². The summed E-state index contributed by atoms with van der Waals surface area (Å²) in [6.07, 6.45) is 0.422. The smallest absolute Gasteiger partial charge is 0.268 e. The van der Waals surface area contributed by atoms with Crippen molar-refractivity contribution in [2.75, 3.05) is 6.54 Å². The van der Waals surface area contributed by atoms with Gasteiger partial charge in [0.2, 0.25) is 0 Å². The number of rotatable bonds is 7. The summed E-state index contributed by atoms with van der Waals surface area (Å²) in [4.78, 5) is 27.9. The van der Waals surface area contributed by atoms with Crippen molar-refractivity contribution in [1.82, 2.24) is 4.90 Å². The van der Waals surface area contributed by atoms with Crippen LogP contribution >= 0.6 is 11.8 Å². The average molecular weight is 435 g/mol. The molecule has 0 N–H and O–H groups in total. The molecule has 0 bridgehead atoms. The molecule has 1 aliphatic rings. The van der Waals surface area contributed by atoms with Gasteiger partial charge in [-0.05, 0) is 47.4 Å². The maximum absolute atomic E-state index is 13.4. The number of halogens is 2. The van der Waals surface area contributed by atoms with Crippen LogP contribution in [0.2, 0.25) is 0 Å². The van der Waals surface area contributed by atoms with E-state index >= 15 is 0 Å². The number of hydrogen-bond donors (Lipinski definition) is 0. The van der Waals surface area contributed by atoms with Gasteiger partial charge in [0.15, 0.2) is 0 Å². The molecule has 0 aromatic heterocycles. The molecule has 1 heterocycles. The zero-order valence-electron chi connectivity index (χ0n) is 16.6. The molecule has 31 heavy (non-hydrogen) atoms. The first-order valence-electron chi connectivity index (χ1n) is 9.80. The third-order valence-electron chi connectivity index (χ3n) is 5.02. The van der Waals surface area contributed by atoms with E-state index in [1.807, 2.05) is 30.3 Å². The fraction of sp³-hybridized carbons (Fsp3) is 0.120. The summed E-state index contributed by atoms with van der Waals surface area (Å²) in [6.45, 7) is 0.184. The van der Waals surface area contributed by atoms with E-state index in [4.69, 9.17) is 0 Å². The highest BCUT2D eigenvalue weighted by Crippen LogP contribution is 2.37. The fourth-order valence-corrected chi connectivity index (χ4v) is 4.47. The van der Waals surface area contributed by atoms with Gasteiger partial charge >= 0.3 is 0 Å². The summed E-state index contributed by atoms with van der Waals surface area (Å²) in [5, 5.41) is 0. The van der Waals surface area contributed by atoms with Crippen LogP contribution in [0.15, 0.2) is 83.8 Å². The van der Waals surface area contributed by atoms with E-state index < -0.39 is 11.7 Å². The quantitative estimate of drug-likeness (QED) is 0.478. The highest BCUT2D eigenvalue weighted by Gasteiger charge is 2.38. The molecule has 4 rings (SSSR count). The van der Waals surface area contributed by atoms with Crippen LogP contribution in [0.5, 0.6) is 0 Å². The second-order valence-electron chi connectivity index (χ2n) is 7.12. The number of amides is 2. The van der Waals surface area contributed by atoms with Crippen LogP contribution in [-0.4, -0.2) is 23.3 Å². The minimum Gasteiger partial charge on any atom is -0.274 e. The van der Waals surface area contributed by atoms with Crippen LogP contribution in [0.25, 0.3) is 5.57 Å². The largest absolute Gasteiger partial charge is 0.274 e. The molecular formula is C25H19F2NO2S. The number of carbonyl (C=O) groups excluding carboxylic acids is 2. The van der Waals surface area contributed by atoms with Crippen molar-refractivity contribution in [3.63, 3.8) is 0 Å². The molecule has 0 saturated carbocycles. The zero-order valence-corrected chi connectivity index (χ0v) is 17.4. The Kier molecular flexibility index (Phi) is 6.28. The van der Waals surface area contributed by atoms with Crippen molar-refractivity contribution < 1.29 is 18.4 Å². The first-order valence-corrected chi connectivity index (χ1v) is 10.8. The lowest BCUT2D eigenvalue weighted by atomic mass is 10.1. The lowest BCUT2D eigenvalue weighted by Crippen LogP contribution is -2.33. The Bertz CT molecular complexity index is 1130. The van der Waals surface area contributed by atoms with Crippen molar-refractivity contribution in [3.8, 4) is 0 Å². The molecular weight excluding hydrogens is 416 g/mol. The van der Waals surface area contributed by atoms with Gasteiger partial charge in [0.05, 0.1) is 10.5 Å². The summed E-state index contributed by atoms with van der Waals surface area (Å²) in [7, 11) is 0. The fourth-order valence-electron chi connectivity index (χ4n) is 3.38. The van der Waals surface area contributed by atoms with Crippen molar-refractivity contribution in [2.45, 2.75) is 12.2 Å². The molecule has 3 aromatic carbocycles. The molecule has 3 aromatic rings. The Morgan fingerprint density at radius 3 is 1.97 bits per heavy atom. The monoisotopic (exact) mass is 435 g/mol. The summed E-state index contributed by atoms with van der Waals surface area (Å²) in [5.74, 6) is -0.961.